The molecule has 0 spiro atoms. The minimum absolute atomic E-state index is 0.645. The number of aryl methyl sites for hydroxylation is 1. The Morgan fingerprint density at radius 3 is 2.22 bits per heavy atom. The molecule has 0 aliphatic rings. The van der Waals surface area contributed by atoms with Crippen molar-refractivity contribution in [1.29, 1.82) is 0 Å². The third-order valence-electron chi connectivity index (χ3n) is 3.45. The zero-order chi connectivity index (χ0) is 13.2. The maximum atomic E-state index is 3.82. The fraction of sp³-hybridized carbons (Fsp3) is 0.647. The molecular formula is C17H27Br. The predicted octanol–water partition coefficient (Wildman–Crippen LogP) is 6.05. The smallest absolute Gasteiger partial charge is 0.0186 e. The average molecular weight is 311 g/mol. The topological polar surface area (TPSA) is 0 Å². The second-order valence-electron chi connectivity index (χ2n) is 5.34. The summed E-state index contributed by atoms with van der Waals surface area (Å²) >= 11 is 3.82. The fourth-order valence-corrected chi connectivity index (χ4v) is 2.93. The van der Waals surface area contributed by atoms with Crippen LogP contribution >= 0.6 is 15.9 Å². The van der Waals surface area contributed by atoms with Gasteiger partial charge in [-0.05, 0) is 25.3 Å². The molecule has 0 nitrogen and oxygen atoms in total. The number of hydrogen-bond acceptors (Lipinski definition) is 0. The molecule has 1 heteroatoms. The Morgan fingerprint density at radius 2 is 1.56 bits per heavy atom. The summed E-state index contributed by atoms with van der Waals surface area (Å²) in [6.45, 7) is 4.42. The van der Waals surface area contributed by atoms with Crippen LogP contribution in [0.15, 0.2) is 24.3 Å². The van der Waals surface area contributed by atoms with Crippen molar-refractivity contribution >= 4 is 15.9 Å². The van der Waals surface area contributed by atoms with E-state index in [1.165, 1.54) is 56.1 Å². The summed E-state index contributed by atoms with van der Waals surface area (Å²) in [6, 6.07) is 8.93. The van der Waals surface area contributed by atoms with Crippen LogP contribution in [0, 0.1) is 6.92 Å². The molecule has 1 unspecified atom stereocenters. The molecule has 18 heavy (non-hydrogen) atoms. The van der Waals surface area contributed by atoms with Crippen LogP contribution in [-0.4, -0.2) is 4.83 Å². The first-order valence-corrected chi connectivity index (χ1v) is 8.33. The standard InChI is InChI=1S/C17H27Br/c1-3-4-5-6-7-8-9-17(18)14-16-12-10-15(2)11-13-16/h10-13,17H,3-9,14H2,1-2H3. The zero-order valence-electron chi connectivity index (χ0n) is 11.9. The summed E-state index contributed by atoms with van der Waals surface area (Å²) in [4.78, 5) is 0.645. The van der Waals surface area contributed by atoms with E-state index in [9.17, 15) is 0 Å². The van der Waals surface area contributed by atoms with Gasteiger partial charge in [-0.15, -0.1) is 0 Å². The van der Waals surface area contributed by atoms with Crippen LogP contribution in [0.3, 0.4) is 0 Å². The highest BCUT2D eigenvalue weighted by molar-refractivity contribution is 9.09. The second-order valence-corrected chi connectivity index (χ2v) is 6.64. The van der Waals surface area contributed by atoms with Gasteiger partial charge in [0.25, 0.3) is 0 Å². The monoisotopic (exact) mass is 310 g/mol. The summed E-state index contributed by atoms with van der Waals surface area (Å²) in [5.41, 5.74) is 2.80. The lowest BCUT2D eigenvalue weighted by Crippen LogP contribution is -2.02. The van der Waals surface area contributed by atoms with E-state index in [2.05, 4.69) is 54.0 Å². The van der Waals surface area contributed by atoms with Gasteiger partial charge in [-0.1, -0.05) is 91.2 Å². The summed E-state index contributed by atoms with van der Waals surface area (Å²) in [5, 5.41) is 0. The van der Waals surface area contributed by atoms with Gasteiger partial charge in [-0.2, -0.15) is 0 Å². The SMILES string of the molecule is CCCCCCCCC(Br)Cc1ccc(C)cc1. The molecule has 102 valence electrons. The van der Waals surface area contributed by atoms with E-state index in [1.54, 1.807) is 0 Å². The van der Waals surface area contributed by atoms with E-state index in [0.717, 1.165) is 6.42 Å². The van der Waals surface area contributed by atoms with E-state index >= 15 is 0 Å². The Morgan fingerprint density at radius 1 is 0.944 bits per heavy atom. The van der Waals surface area contributed by atoms with Crippen molar-refractivity contribution in [2.45, 2.75) is 70.0 Å². The molecule has 0 aromatic heterocycles. The molecule has 0 N–H and O–H groups in total. The molecule has 0 aliphatic carbocycles. The summed E-state index contributed by atoms with van der Waals surface area (Å²) in [6.07, 6.45) is 10.8. The van der Waals surface area contributed by atoms with Crippen LogP contribution in [0.4, 0.5) is 0 Å². The number of unbranched alkanes of at least 4 members (excludes halogenated alkanes) is 5. The highest BCUT2D eigenvalue weighted by Gasteiger charge is 2.05. The number of halogens is 1. The summed E-state index contributed by atoms with van der Waals surface area (Å²) in [5.74, 6) is 0. The largest absolute Gasteiger partial charge is 0.0887 e. The lowest BCUT2D eigenvalue weighted by atomic mass is 10.0. The van der Waals surface area contributed by atoms with Crippen molar-refractivity contribution in [2.24, 2.45) is 0 Å². The number of alkyl halides is 1. The van der Waals surface area contributed by atoms with Crippen molar-refractivity contribution in [1.82, 2.24) is 0 Å². The maximum absolute atomic E-state index is 3.82. The third kappa shape index (κ3) is 7.20. The summed E-state index contributed by atoms with van der Waals surface area (Å²) < 4.78 is 0. The van der Waals surface area contributed by atoms with Crippen LogP contribution in [0.2, 0.25) is 0 Å². The average Bonchev–Trinajstić information content (AvgIpc) is 2.36. The molecule has 0 saturated heterocycles. The van der Waals surface area contributed by atoms with E-state index in [-0.39, 0.29) is 0 Å². The highest BCUT2D eigenvalue weighted by Crippen LogP contribution is 2.18. The van der Waals surface area contributed by atoms with Crippen LogP contribution < -0.4 is 0 Å². The van der Waals surface area contributed by atoms with Gasteiger partial charge in [-0.3, -0.25) is 0 Å². The van der Waals surface area contributed by atoms with E-state index in [0.29, 0.717) is 4.83 Å². The Hall–Kier alpha value is -0.300. The maximum Gasteiger partial charge on any atom is 0.0186 e. The fourth-order valence-electron chi connectivity index (χ4n) is 2.23. The first-order valence-electron chi connectivity index (χ1n) is 7.42. The summed E-state index contributed by atoms with van der Waals surface area (Å²) in [7, 11) is 0. The Bertz CT molecular complexity index is 302. The first-order chi connectivity index (χ1) is 8.72. The van der Waals surface area contributed by atoms with E-state index in [4.69, 9.17) is 0 Å². The Kier molecular flexibility index (Phi) is 8.41. The zero-order valence-corrected chi connectivity index (χ0v) is 13.5. The Balaban J connectivity index is 2.10. The number of benzene rings is 1. The van der Waals surface area contributed by atoms with Crippen molar-refractivity contribution in [3.63, 3.8) is 0 Å². The van der Waals surface area contributed by atoms with Gasteiger partial charge in [-0.25, -0.2) is 0 Å². The van der Waals surface area contributed by atoms with Gasteiger partial charge >= 0.3 is 0 Å². The van der Waals surface area contributed by atoms with E-state index < -0.39 is 0 Å². The third-order valence-corrected chi connectivity index (χ3v) is 4.23. The van der Waals surface area contributed by atoms with Crippen LogP contribution in [-0.2, 0) is 6.42 Å². The van der Waals surface area contributed by atoms with Gasteiger partial charge in [0.15, 0.2) is 0 Å². The van der Waals surface area contributed by atoms with Gasteiger partial charge in [0.1, 0.15) is 0 Å². The molecule has 1 aromatic rings. The van der Waals surface area contributed by atoms with Gasteiger partial charge in [0.05, 0.1) is 0 Å². The first kappa shape index (κ1) is 15.8. The molecule has 0 radical (unpaired) electrons. The van der Waals surface area contributed by atoms with Gasteiger partial charge in [0.2, 0.25) is 0 Å². The molecule has 1 rings (SSSR count). The van der Waals surface area contributed by atoms with Crippen molar-refractivity contribution in [2.75, 3.05) is 0 Å². The van der Waals surface area contributed by atoms with Crippen molar-refractivity contribution in [3.8, 4) is 0 Å². The molecule has 0 aliphatic heterocycles. The van der Waals surface area contributed by atoms with Crippen LogP contribution in [0.5, 0.6) is 0 Å². The van der Waals surface area contributed by atoms with Crippen molar-refractivity contribution < 1.29 is 0 Å². The normalized spacial score (nSPS) is 12.6. The predicted molar refractivity (Wildman–Crippen MR) is 85.6 cm³/mol. The minimum atomic E-state index is 0.645. The molecule has 0 amide bonds. The lowest BCUT2D eigenvalue weighted by Gasteiger charge is -2.10. The Labute approximate surface area is 121 Å². The molecular weight excluding hydrogens is 284 g/mol. The molecule has 0 heterocycles. The molecule has 0 bridgehead atoms. The second kappa shape index (κ2) is 9.61. The molecule has 0 fully saturated rings. The number of hydrogen-bond donors (Lipinski definition) is 0. The quantitative estimate of drug-likeness (QED) is 0.384. The molecule has 1 atom stereocenters. The van der Waals surface area contributed by atoms with Crippen LogP contribution in [0.25, 0.3) is 0 Å². The van der Waals surface area contributed by atoms with Crippen molar-refractivity contribution in [3.05, 3.63) is 35.4 Å². The van der Waals surface area contributed by atoms with Crippen LogP contribution in [0.1, 0.15) is 63.0 Å². The van der Waals surface area contributed by atoms with E-state index in [1.807, 2.05) is 0 Å². The van der Waals surface area contributed by atoms with Gasteiger partial charge in [0, 0.05) is 4.83 Å². The molecule has 0 saturated carbocycles. The highest BCUT2D eigenvalue weighted by atomic mass is 79.9. The minimum Gasteiger partial charge on any atom is -0.0887 e. The van der Waals surface area contributed by atoms with Gasteiger partial charge < -0.3 is 0 Å². The molecule has 1 aromatic carbocycles. The lowest BCUT2D eigenvalue weighted by molar-refractivity contribution is 0.583. The number of rotatable bonds is 9.